The van der Waals surface area contributed by atoms with Gasteiger partial charge in [-0.15, -0.1) is 0 Å². The molecule has 3 nitrogen and oxygen atoms in total. The van der Waals surface area contributed by atoms with Crippen LogP contribution < -0.4 is 10.1 Å². The highest BCUT2D eigenvalue weighted by Crippen LogP contribution is 2.25. The van der Waals surface area contributed by atoms with Crippen LogP contribution in [0.5, 0.6) is 5.75 Å². The number of benzene rings is 1. The first-order valence-corrected chi connectivity index (χ1v) is 6.71. The molecule has 0 radical (unpaired) electrons. The average Bonchev–Trinajstić information content (AvgIpc) is 2.83. The Balaban J connectivity index is 2.01. The Morgan fingerprint density at radius 1 is 1.21 bits per heavy atom. The van der Waals surface area contributed by atoms with Crippen molar-refractivity contribution < 1.29 is 9.15 Å². The number of furan rings is 1. The van der Waals surface area contributed by atoms with Gasteiger partial charge in [0.05, 0.1) is 13.2 Å². The normalized spacial score (nSPS) is 12.4. The fraction of sp³-hybridized carbons (Fsp3) is 0.375. The van der Waals surface area contributed by atoms with Crippen LogP contribution in [0.2, 0.25) is 0 Å². The summed E-state index contributed by atoms with van der Waals surface area (Å²) in [6.45, 7) is 7.49. The molecule has 19 heavy (non-hydrogen) atoms. The van der Waals surface area contributed by atoms with E-state index in [1.807, 2.05) is 44.2 Å². The quantitative estimate of drug-likeness (QED) is 0.856. The molecule has 0 spiro atoms. The van der Waals surface area contributed by atoms with Gasteiger partial charge in [-0.2, -0.15) is 0 Å². The first-order valence-electron chi connectivity index (χ1n) is 6.71. The molecule has 0 aliphatic rings. The third kappa shape index (κ3) is 3.61. The standard InChI is InChI=1S/C16H21NO2/c1-4-18-16-8-6-5-7-15(16)13(3)17-11-14-10-9-12(2)19-14/h5-10,13,17H,4,11H2,1-3H3. The van der Waals surface area contributed by atoms with Crippen molar-refractivity contribution >= 4 is 0 Å². The number of aryl methyl sites for hydroxylation is 1. The molecule has 1 N–H and O–H groups in total. The van der Waals surface area contributed by atoms with Crippen LogP contribution in [0.15, 0.2) is 40.8 Å². The molecule has 0 fully saturated rings. The highest BCUT2D eigenvalue weighted by atomic mass is 16.5. The van der Waals surface area contributed by atoms with Crippen LogP contribution in [0, 0.1) is 6.92 Å². The van der Waals surface area contributed by atoms with E-state index in [2.05, 4.69) is 18.3 Å². The molecular weight excluding hydrogens is 238 g/mol. The lowest BCUT2D eigenvalue weighted by atomic mass is 10.1. The summed E-state index contributed by atoms with van der Waals surface area (Å²) < 4.78 is 11.2. The van der Waals surface area contributed by atoms with Crippen molar-refractivity contribution in [1.29, 1.82) is 0 Å². The van der Waals surface area contributed by atoms with Gasteiger partial charge in [-0.25, -0.2) is 0 Å². The van der Waals surface area contributed by atoms with Crippen molar-refractivity contribution in [2.75, 3.05) is 6.61 Å². The number of para-hydroxylation sites is 1. The van der Waals surface area contributed by atoms with Crippen LogP contribution in [0.25, 0.3) is 0 Å². The van der Waals surface area contributed by atoms with E-state index >= 15 is 0 Å². The Morgan fingerprint density at radius 3 is 2.68 bits per heavy atom. The van der Waals surface area contributed by atoms with Crippen molar-refractivity contribution in [3.05, 3.63) is 53.5 Å². The zero-order valence-corrected chi connectivity index (χ0v) is 11.8. The van der Waals surface area contributed by atoms with Crippen LogP contribution in [-0.2, 0) is 6.54 Å². The minimum Gasteiger partial charge on any atom is -0.494 e. The van der Waals surface area contributed by atoms with Gasteiger partial charge in [0.2, 0.25) is 0 Å². The maximum Gasteiger partial charge on any atom is 0.124 e. The van der Waals surface area contributed by atoms with Gasteiger partial charge in [-0.3, -0.25) is 0 Å². The summed E-state index contributed by atoms with van der Waals surface area (Å²) in [6, 6.07) is 12.3. The lowest BCUT2D eigenvalue weighted by molar-refractivity contribution is 0.331. The lowest BCUT2D eigenvalue weighted by Crippen LogP contribution is -2.18. The van der Waals surface area contributed by atoms with E-state index in [1.54, 1.807) is 0 Å². The lowest BCUT2D eigenvalue weighted by Gasteiger charge is -2.17. The second-order valence-corrected chi connectivity index (χ2v) is 4.59. The summed E-state index contributed by atoms with van der Waals surface area (Å²) in [5.41, 5.74) is 1.17. The van der Waals surface area contributed by atoms with E-state index in [0.29, 0.717) is 6.61 Å². The molecule has 2 aromatic rings. The molecule has 102 valence electrons. The molecule has 3 heteroatoms. The summed E-state index contributed by atoms with van der Waals surface area (Å²) in [6.07, 6.45) is 0. The van der Waals surface area contributed by atoms with E-state index in [-0.39, 0.29) is 6.04 Å². The van der Waals surface area contributed by atoms with Gasteiger partial charge in [-0.1, -0.05) is 18.2 Å². The summed E-state index contributed by atoms with van der Waals surface area (Å²) in [4.78, 5) is 0. The summed E-state index contributed by atoms with van der Waals surface area (Å²) >= 11 is 0. The Labute approximate surface area is 114 Å². The molecule has 1 heterocycles. The minimum atomic E-state index is 0.216. The Hall–Kier alpha value is -1.74. The summed E-state index contributed by atoms with van der Waals surface area (Å²) in [5, 5.41) is 3.45. The predicted molar refractivity (Wildman–Crippen MR) is 76.3 cm³/mol. The summed E-state index contributed by atoms with van der Waals surface area (Å²) in [7, 11) is 0. The third-order valence-electron chi connectivity index (χ3n) is 3.06. The molecule has 0 amide bonds. The zero-order chi connectivity index (χ0) is 13.7. The van der Waals surface area contributed by atoms with Crippen molar-refractivity contribution in [2.24, 2.45) is 0 Å². The molecule has 2 rings (SSSR count). The number of hydrogen-bond donors (Lipinski definition) is 1. The van der Waals surface area contributed by atoms with Gasteiger partial charge in [0, 0.05) is 11.6 Å². The SMILES string of the molecule is CCOc1ccccc1C(C)NCc1ccc(C)o1. The van der Waals surface area contributed by atoms with Crippen molar-refractivity contribution in [1.82, 2.24) is 5.32 Å². The first kappa shape index (κ1) is 13.7. The molecule has 0 aliphatic heterocycles. The van der Waals surface area contributed by atoms with Crippen LogP contribution in [0.4, 0.5) is 0 Å². The highest BCUT2D eigenvalue weighted by Gasteiger charge is 2.11. The van der Waals surface area contributed by atoms with Crippen LogP contribution in [0.1, 0.15) is 37.0 Å². The van der Waals surface area contributed by atoms with Crippen LogP contribution in [-0.4, -0.2) is 6.61 Å². The van der Waals surface area contributed by atoms with Crippen molar-refractivity contribution in [3.63, 3.8) is 0 Å². The van der Waals surface area contributed by atoms with Crippen molar-refractivity contribution in [2.45, 2.75) is 33.4 Å². The van der Waals surface area contributed by atoms with Gasteiger partial charge in [0.1, 0.15) is 17.3 Å². The smallest absolute Gasteiger partial charge is 0.124 e. The monoisotopic (exact) mass is 259 g/mol. The summed E-state index contributed by atoms with van der Waals surface area (Å²) in [5.74, 6) is 2.85. The maximum atomic E-state index is 5.65. The fourth-order valence-corrected chi connectivity index (χ4v) is 2.07. The van der Waals surface area contributed by atoms with Crippen LogP contribution in [0.3, 0.4) is 0 Å². The van der Waals surface area contributed by atoms with Gasteiger partial charge in [0.15, 0.2) is 0 Å². The van der Waals surface area contributed by atoms with E-state index < -0.39 is 0 Å². The topological polar surface area (TPSA) is 34.4 Å². The second-order valence-electron chi connectivity index (χ2n) is 4.59. The number of nitrogens with one attached hydrogen (secondary N) is 1. The molecule has 0 bridgehead atoms. The average molecular weight is 259 g/mol. The molecule has 1 aromatic heterocycles. The highest BCUT2D eigenvalue weighted by molar-refractivity contribution is 5.35. The molecular formula is C16H21NO2. The van der Waals surface area contributed by atoms with Gasteiger partial charge >= 0.3 is 0 Å². The van der Waals surface area contributed by atoms with Crippen molar-refractivity contribution in [3.8, 4) is 5.75 Å². The van der Waals surface area contributed by atoms with E-state index in [4.69, 9.17) is 9.15 Å². The Kier molecular flexibility index (Phi) is 4.63. The number of hydrogen-bond acceptors (Lipinski definition) is 3. The molecule has 1 atom stereocenters. The van der Waals surface area contributed by atoms with Crippen LogP contribution >= 0.6 is 0 Å². The Morgan fingerprint density at radius 2 is 2.00 bits per heavy atom. The van der Waals surface area contributed by atoms with E-state index in [1.165, 1.54) is 5.56 Å². The molecule has 0 saturated carbocycles. The molecule has 1 aromatic carbocycles. The van der Waals surface area contributed by atoms with Gasteiger partial charge < -0.3 is 14.5 Å². The first-order chi connectivity index (χ1) is 9.20. The maximum absolute atomic E-state index is 5.65. The molecule has 0 saturated heterocycles. The number of rotatable bonds is 6. The fourth-order valence-electron chi connectivity index (χ4n) is 2.07. The van der Waals surface area contributed by atoms with E-state index in [0.717, 1.165) is 23.8 Å². The zero-order valence-electron chi connectivity index (χ0n) is 11.8. The largest absolute Gasteiger partial charge is 0.494 e. The molecule has 1 unspecified atom stereocenters. The third-order valence-corrected chi connectivity index (χ3v) is 3.06. The minimum absolute atomic E-state index is 0.216. The number of ether oxygens (including phenoxy) is 1. The molecule has 0 aliphatic carbocycles. The predicted octanol–water partition coefficient (Wildman–Crippen LogP) is 3.84. The second kappa shape index (κ2) is 6.43. The Bertz CT molecular complexity index is 519. The van der Waals surface area contributed by atoms with Gasteiger partial charge in [0.25, 0.3) is 0 Å². The van der Waals surface area contributed by atoms with E-state index in [9.17, 15) is 0 Å². The van der Waals surface area contributed by atoms with Gasteiger partial charge in [-0.05, 0) is 39.0 Å².